The molecule has 0 radical (unpaired) electrons. The zero-order valence-corrected chi connectivity index (χ0v) is 7.45. The van der Waals surface area contributed by atoms with Gasteiger partial charge in [-0.1, -0.05) is 0 Å². The molecular weight excluding hydrogens is 215 g/mol. The lowest BCUT2D eigenvalue weighted by Crippen LogP contribution is -2.04. The lowest BCUT2D eigenvalue weighted by atomic mass is 10.3. The molecule has 0 saturated heterocycles. The minimum Gasteiger partial charge on any atom is -0.289 e. The number of anilines is 1. The summed E-state index contributed by atoms with van der Waals surface area (Å²) in [6.07, 6.45) is 0. The Bertz CT molecular complexity index is 397. The Kier molecular flexibility index (Phi) is 3.10. The summed E-state index contributed by atoms with van der Waals surface area (Å²) < 4.78 is 33.3. The minimum atomic E-state index is -2.46. The zero-order valence-electron chi connectivity index (χ0n) is 6.64. The standard InChI is InChI=1S/C6H5FN2O4S/c7-5-2-1-4(9(10)11)3-6(5)8-14(12)13/h1-3,8H,(H,12,13). The SMILES string of the molecule is O=[N+]([O-])c1ccc(F)c(NS(=O)O)c1. The molecule has 8 heteroatoms. The van der Waals surface area contributed by atoms with Gasteiger partial charge < -0.3 is 0 Å². The van der Waals surface area contributed by atoms with Crippen LogP contribution in [0.4, 0.5) is 15.8 Å². The molecule has 1 atom stereocenters. The maximum Gasteiger partial charge on any atom is 0.271 e. The quantitative estimate of drug-likeness (QED) is 0.456. The second-order valence-corrected chi connectivity index (χ2v) is 2.97. The number of rotatable bonds is 3. The summed E-state index contributed by atoms with van der Waals surface area (Å²) in [5.41, 5.74) is -0.751. The molecule has 0 bridgehead atoms. The number of nitro groups is 1. The number of nitrogens with zero attached hydrogens (tertiary/aromatic N) is 1. The van der Waals surface area contributed by atoms with Gasteiger partial charge >= 0.3 is 0 Å². The van der Waals surface area contributed by atoms with E-state index in [0.29, 0.717) is 0 Å². The van der Waals surface area contributed by atoms with E-state index in [1.807, 2.05) is 4.72 Å². The summed E-state index contributed by atoms with van der Waals surface area (Å²) in [7, 11) is 0. The van der Waals surface area contributed by atoms with E-state index >= 15 is 0 Å². The van der Waals surface area contributed by atoms with E-state index in [9.17, 15) is 18.7 Å². The molecule has 1 rings (SSSR count). The van der Waals surface area contributed by atoms with Gasteiger partial charge in [0.05, 0.1) is 10.6 Å². The number of nitrogens with one attached hydrogen (secondary N) is 1. The summed E-state index contributed by atoms with van der Waals surface area (Å²) in [5, 5.41) is 10.3. The van der Waals surface area contributed by atoms with E-state index in [1.54, 1.807) is 0 Å². The van der Waals surface area contributed by atoms with Gasteiger partial charge in [-0.3, -0.25) is 19.4 Å². The highest BCUT2D eigenvalue weighted by atomic mass is 32.2. The summed E-state index contributed by atoms with van der Waals surface area (Å²) in [5.74, 6) is -0.835. The first kappa shape index (κ1) is 10.5. The Hall–Kier alpha value is -1.54. The van der Waals surface area contributed by atoms with Gasteiger partial charge in [0.1, 0.15) is 5.82 Å². The normalized spacial score (nSPS) is 12.1. The van der Waals surface area contributed by atoms with Crippen LogP contribution >= 0.6 is 0 Å². The highest BCUT2D eigenvalue weighted by Gasteiger charge is 2.11. The molecule has 0 spiro atoms. The summed E-state index contributed by atoms with van der Waals surface area (Å²) in [4.78, 5) is 9.54. The first-order valence-electron chi connectivity index (χ1n) is 3.32. The first-order valence-corrected chi connectivity index (χ1v) is 4.43. The highest BCUT2D eigenvalue weighted by molar-refractivity contribution is 7.80. The fourth-order valence-electron chi connectivity index (χ4n) is 0.799. The fraction of sp³-hybridized carbons (Fsp3) is 0. The van der Waals surface area contributed by atoms with E-state index in [-0.39, 0.29) is 11.4 Å². The molecule has 2 N–H and O–H groups in total. The predicted molar refractivity (Wildman–Crippen MR) is 47.4 cm³/mol. The van der Waals surface area contributed by atoms with Crippen LogP contribution in [0.15, 0.2) is 18.2 Å². The summed E-state index contributed by atoms with van der Waals surface area (Å²) >= 11 is -2.46. The Morgan fingerprint density at radius 3 is 2.71 bits per heavy atom. The second kappa shape index (κ2) is 4.11. The lowest BCUT2D eigenvalue weighted by molar-refractivity contribution is -0.384. The van der Waals surface area contributed by atoms with Crippen molar-refractivity contribution in [3.05, 3.63) is 34.1 Å². The number of halogens is 1. The van der Waals surface area contributed by atoms with Crippen LogP contribution in [0.5, 0.6) is 0 Å². The number of non-ortho nitro benzene ring substituents is 1. The smallest absolute Gasteiger partial charge is 0.271 e. The number of nitro benzene ring substituents is 1. The molecule has 0 aliphatic rings. The van der Waals surface area contributed by atoms with Gasteiger partial charge in [-0.25, -0.2) is 8.60 Å². The van der Waals surface area contributed by atoms with Crippen molar-refractivity contribution in [3.63, 3.8) is 0 Å². The molecule has 14 heavy (non-hydrogen) atoms. The van der Waals surface area contributed by atoms with Gasteiger partial charge in [0, 0.05) is 12.1 Å². The molecule has 0 fully saturated rings. The van der Waals surface area contributed by atoms with Crippen LogP contribution in [0.1, 0.15) is 0 Å². The fourth-order valence-corrected chi connectivity index (χ4v) is 1.14. The monoisotopic (exact) mass is 220 g/mol. The van der Waals surface area contributed by atoms with Crippen LogP contribution < -0.4 is 4.72 Å². The number of benzene rings is 1. The third kappa shape index (κ3) is 2.47. The number of hydrogen-bond donors (Lipinski definition) is 2. The van der Waals surface area contributed by atoms with E-state index in [4.69, 9.17) is 4.55 Å². The molecule has 0 aliphatic heterocycles. The van der Waals surface area contributed by atoms with Crippen LogP contribution in [0.25, 0.3) is 0 Å². The van der Waals surface area contributed by atoms with Gasteiger partial charge in [0.15, 0.2) is 0 Å². The van der Waals surface area contributed by atoms with Crippen LogP contribution in [-0.2, 0) is 11.3 Å². The van der Waals surface area contributed by atoms with Crippen LogP contribution in [0.3, 0.4) is 0 Å². The largest absolute Gasteiger partial charge is 0.289 e. The first-order chi connectivity index (χ1) is 6.50. The van der Waals surface area contributed by atoms with Crippen molar-refractivity contribution >= 4 is 22.6 Å². The van der Waals surface area contributed by atoms with Gasteiger partial charge in [0.25, 0.3) is 17.0 Å². The van der Waals surface area contributed by atoms with E-state index in [0.717, 1.165) is 18.2 Å². The molecule has 0 heterocycles. The van der Waals surface area contributed by atoms with Gasteiger partial charge in [-0.2, -0.15) is 0 Å². The van der Waals surface area contributed by atoms with Crippen molar-refractivity contribution in [1.29, 1.82) is 0 Å². The van der Waals surface area contributed by atoms with Gasteiger partial charge in [-0.15, -0.1) is 0 Å². The van der Waals surface area contributed by atoms with Crippen molar-refractivity contribution < 1.29 is 18.1 Å². The minimum absolute atomic E-state index is 0.362. The third-order valence-electron chi connectivity index (χ3n) is 1.36. The van der Waals surface area contributed by atoms with E-state index < -0.39 is 22.0 Å². The molecule has 1 unspecified atom stereocenters. The average Bonchev–Trinajstić information content (AvgIpc) is 2.07. The molecule has 1 aromatic carbocycles. The van der Waals surface area contributed by atoms with Crippen LogP contribution in [-0.4, -0.2) is 13.7 Å². The highest BCUT2D eigenvalue weighted by Crippen LogP contribution is 2.21. The molecule has 0 saturated carbocycles. The Morgan fingerprint density at radius 2 is 2.21 bits per heavy atom. The summed E-state index contributed by atoms with van der Waals surface area (Å²) in [6.45, 7) is 0. The van der Waals surface area contributed by atoms with Crippen molar-refractivity contribution in [2.75, 3.05) is 4.72 Å². The van der Waals surface area contributed by atoms with Crippen molar-refractivity contribution in [2.45, 2.75) is 0 Å². The summed E-state index contributed by atoms with van der Waals surface area (Å²) in [6, 6.07) is 2.64. The predicted octanol–water partition coefficient (Wildman–Crippen LogP) is 1.28. The third-order valence-corrected chi connectivity index (χ3v) is 1.75. The van der Waals surface area contributed by atoms with Crippen LogP contribution in [0.2, 0.25) is 0 Å². The topological polar surface area (TPSA) is 92.5 Å². The molecule has 1 aromatic rings. The lowest BCUT2D eigenvalue weighted by Gasteiger charge is -2.01. The zero-order chi connectivity index (χ0) is 10.7. The van der Waals surface area contributed by atoms with E-state index in [1.165, 1.54) is 0 Å². The average molecular weight is 220 g/mol. The van der Waals surface area contributed by atoms with Gasteiger partial charge in [-0.05, 0) is 6.07 Å². The second-order valence-electron chi connectivity index (χ2n) is 2.27. The molecule has 6 nitrogen and oxygen atoms in total. The maximum absolute atomic E-state index is 12.9. The van der Waals surface area contributed by atoms with Crippen LogP contribution in [0, 0.1) is 15.9 Å². The molecule has 0 aliphatic carbocycles. The number of hydrogen-bond acceptors (Lipinski definition) is 3. The molecule has 0 aromatic heterocycles. The Labute approximate surface area is 80.3 Å². The molecule has 76 valence electrons. The maximum atomic E-state index is 12.9. The van der Waals surface area contributed by atoms with Crippen molar-refractivity contribution in [1.82, 2.24) is 0 Å². The van der Waals surface area contributed by atoms with Gasteiger partial charge in [0.2, 0.25) is 0 Å². The Balaban J connectivity index is 3.08. The molecular formula is C6H5FN2O4S. The van der Waals surface area contributed by atoms with E-state index in [2.05, 4.69) is 0 Å². The Morgan fingerprint density at radius 1 is 1.57 bits per heavy atom. The van der Waals surface area contributed by atoms with Crippen molar-refractivity contribution in [3.8, 4) is 0 Å². The van der Waals surface area contributed by atoms with Crippen molar-refractivity contribution in [2.24, 2.45) is 0 Å². The molecule has 0 amide bonds.